The number of halogens is 3. The van der Waals surface area contributed by atoms with E-state index in [2.05, 4.69) is 0 Å². The standard InChI is InChI=1S/C20H16F3NO3S/c1-27-16-9-7-15(8-10-16)24(13-14-5-3-2-4-6-14)28(25,26)18-12-11-17(21)19(22)20(18)23/h2-12H,13H2,1H3. The van der Waals surface area contributed by atoms with Gasteiger partial charge in [0.15, 0.2) is 17.5 Å². The minimum absolute atomic E-state index is 0.131. The zero-order valence-electron chi connectivity index (χ0n) is 14.8. The summed E-state index contributed by atoms with van der Waals surface area (Å²) in [5.41, 5.74) is 0.846. The molecule has 0 saturated heterocycles. The van der Waals surface area contributed by atoms with Gasteiger partial charge < -0.3 is 4.74 Å². The maximum atomic E-state index is 14.3. The molecule has 0 unspecified atom stereocenters. The van der Waals surface area contributed by atoms with E-state index in [0.29, 0.717) is 23.4 Å². The highest BCUT2D eigenvalue weighted by atomic mass is 32.2. The summed E-state index contributed by atoms with van der Waals surface area (Å²) in [6, 6.07) is 16.0. The maximum Gasteiger partial charge on any atom is 0.267 e. The third-order valence-corrected chi connectivity index (χ3v) is 5.89. The Labute approximate surface area is 160 Å². The largest absolute Gasteiger partial charge is 0.497 e. The first-order valence-corrected chi connectivity index (χ1v) is 9.63. The number of hydrogen-bond donors (Lipinski definition) is 0. The van der Waals surface area contributed by atoms with Crippen molar-refractivity contribution in [3.8, 4) is 5.75 Å². The van der Waals surface area contributed by atoms with Gasteiger partial charge in [-0.1, -0.05) is 30.3 Å². The van der Waals surface area contributed by atoms with Crippen LogP contribution in [0.25, 0.3) is 0 Å². The smallest absolute Gasteiger partial charge is 0.267 e. The third kappa shape index (κ3) is 3.82. The zero-order chi connectivity index (χ0) is 20.3. The lowest BCUT2D eigenvalue weighted by Crippen LogP contribution is -2.31. The van der Waals surface area contributed by atoms with Crippen LogP contribution in [-0.2, 0) is 16.6 Å². The van der Waals surface area contributed by atoms with Crippen molar-refractivity contribution in [1.82, 2.24) is 0 Å². The molecule has 0 amide bonds. The second kappa shape index (κ2) is 7.93. The summed E-state index contributed by atoms with van der Waals surface area (Å²) in [4.78, 5) is -0.946. The normalized spacial score (nSPS) is 11.3. The van der Waals surface area contributed by atoms with Crippen LogP contribution in [-0.4, -0.2) is 15.5 Å². The molecule has 0 fully saturated rings. The number of ether oxygens (including phenoxy) is 1. The summed E-state index contributed by atoms with van der Waals surface area (Å²) in [7, 11) is -3.07. The first-order valence-electron chi connectivity index (χ1n) is 8.19. The molecule has 0 spiro atoms. The summed E-state index contributed by atoms with van der Waals surface area (Å²) in [6.45, 7) is -0.131. The Morgan fingerprint density at radius 3 is 2.11 bits per heavy atom. The molecule has 0 heterocycles. The van der Waals surface area contributed by atoms with Crippen LogP contribution < -0.4 is 9.04 Å². The molecule has 28 heavy (non-hydrogen) atoms. The van der Waals surface area contributed by atoms with Gasteiger partial charge >= 0.3 is 0 Å². The zero-order valence-corrected chi connectivity index (χ0v) is 15.6. The fourth-order valence-electron chi connectivity index (χ4n) is 2.64. The second-order valence-corrected chi connectivity index (χ2v) is 7.70. The monoisotopic (exact) mass is 407 g/mol. The third-order valence-electron chi connectivity index (χ3n) is 4.10. The highest BCUT2D eigenvalue weighted by Crippen LogP contribution is 2.30. The molecule has 4 nitrogen and oxygen atoms in total. The Kier molecular flexibility index (Phi) is 5.60. The SMILES string of the molecule is COc1ccc(N(Cc2ccccc2)S(=O)(=O)c2ccc(F)c(F)c2F)cc1. The molecule has 3 rings (SSSR count). The molecule has 0 N–H and O–H groups in total. The van der Waals surface area contributed by atoms with E-state index in [1.165, 1.54) is 19.2 Å². The number of benzene rings is 3. The Bertz CT molecular complexity index is 1070. The summed E-state index contributed by atoms with van der Waals surface area (Å²) in [5, 5.41) is 0. The van der Waals surface area contributed by atoms with Gasteiger partial charge in [-0.2, -0.15) is 0 Å². The molecule has 0 aliphatic carbocycles. The van der Waals surface area contributed by atoms with Gasteiger partial charge in [0.25, 0.3) is 10.0 Å². The number of anilines is 1. The topological polar surface area (TPSA) is 46.6 Å². The molecule has 0 atom stereocenters. The van der Waals surface area contributed by atoms with Crippen molar-refractivity contribution < 1.29 is 26.3 Å². The first kappa shape index (κ1) is 19.8. The fourth-order valence-corrected chi connectivity index (χ4v) is 4.15. The van der Waals surface area contributed by atoms with Crippen molar-refractivity contribution in [3.05, 3.63) is 89.7 Å². The molecule has 3 aromatic carbocycles. The van der Waals surface area contributed by atoms with Gasteiger partial charge in [0.05, 0.1) is 19.3 Å². The lowest BCUT2D eigenvalue weighted by atomic mass is 10.2. The van der Waals surface area contributed by atoms with Crippen LogP contribution in [0.4, 0.5) is 18.9 Å². The van der Waals surface area contributed by atoms with E-state index in [1.54, 1.807) is 42.5 Å². The molecule has 0 radical (unpaired) electrons. The summed E-state index contributed by atoms with van der Waals surface area (Å²) >= 11 is 0. The summed E-state index contributed by atoms with van der Waals surface area (Å²) in [6.07, 6.45) is 0. The van der Waals surface area contributed by atoms with Crippen molar-refractivity contribution in [2.75, 3.05) is 11.4 Å². The Hall–Kier alpha value is -3.00. The van der Waals surface area contributed by atoms with E-state index in [1.807, 2.05) is 0 Å². The van der Waals surface area contributed by atoms with Crippen molar-refractivity contribution in [2.24, 2.45) is 0 Å². The van der Waals surface area contributed by atoms with Crippen molar-refractivity contribution in [2.45, 2.75) is 11.4 Å². The number of rotatable bonds is 6. The van der Waals surface area contributed by atoms with Gasteiger partial charge in [0, 0.05) is 0 Å². The average Bonchev–Trinajstić information content (AvgIpc) is 2.71. The number of nitrogens with zero attached hydrogens (tertiary/aromatic N) is 1. The van der Waals surface area contributed by atoms with Gasteiger partial charge in [0.2, 0.25) is 0 Å². The molecule has 0 aliphatic rings. The molecule has 0 saturated carbocycles. The highest BCUT2D eigenvalue weighted by Gasteiger charge is 2.30. The second-order valence-electron chi connectivity index (χ2n) is 5.87. The van der Waals surface area contributed by atoms with Crippen LogP contribution in [0.15, 0.2) is 71.6 Å². The van der Waals surface area contributed by atoms with Gasteiger partial charge in [-0.3, -0.25) is 4.31 Å². The highest BCUT2D eigenvalue weighted by molar-refractivity contribution is 7.92. The van der Waals surface area contributed by atoms with E-state index < -0.39 is 32.4 Å². The van der Waals surface area contributed by atoms with E-state index in [9.17, 15) is 21.6 Å². The fraction of sp³-hybridized carbons (Fsp3) is 0.100. The van der Waals surface area contributed by atoms with Crippen LogP contribution in [0.2, 0.25) is 0 Å². The number of hydrogen-bond acceptors (Lipinski definition) is 3. The van der Waals surface area contributed by atoms with E-state index in [-0.39, 0.29) is 12.2 Å². The molecule has 0 aliphatic heterocycles. The van der Waals surface area contributed by atoms with Gasteiger partial charge in [-0.05, 0) is 42.0 Å². The van der Waals surface area contributed by atoms with Gasteiger partial charge in [-0.15, -0.1) is 0 Å². The van der Waals surface area contributed by atoms with Gasteiger partial charge in [0.1, 0.15) is 10.6 Å². The Balaban J connectivity index is 2.13. The lowest BCUT2D eigenvalue weighted by Gasteiger charge is -2.25. The average molecular weight is 407 g/mol. The van der Waals surface area contributed by atoms with Crippen molar-refractivity contribution >= 4 is 15.7 Å². The Morgan fingerprint density at radius 1 is 0.857 bits per heavy atom. The predicted molar refractivity (Wildman–Crippen MR) is 99.1 cm³/mol. The van der Waals surface area contributed by atoms with E-state index >= 15 is 0 Å². The van der Waals surface area contributed by atoms with E-state index in [4.69, 9.17) is 4.74 Å². The van der Waals surface area contributed by atoms with Crippen LogP contribution >= 0.6 is 0 Å². The summed E-state index contributed by atoms with van der Waals surface area (Å²) in [5.74, 6) is -4.56. The Morgan fingerprint density at radius 2 is 1.50 bits per heavy atom. The predicted octanol–water partition coefficient (Wildman–Crippen LogP) is 4.51. The van der Waals surface area contributed by atoms with Crippen molar-refractivity contribution in [1.29, 1.82) is 0 Å². The van der Waals surface area contributed by atoms with Gasteiger partial charge in [-0.25, -0.2) is 21.6 Å². The van der Waals surface area contributed by atoms with E-state index in [0.717, 1.165) is 4.31 Å². The summed E-state index contributed by atoms with van der Waals surface area (Å²) < 4.78 is 73.5. The molecular formula is C20H16F3NO3S. The maximum absolute atomic E-state index is 14.3. The van der Waals surface area contributed by atoms with Crippen LogP contribution in [0, 0.1) is 17.5 Å². The number of methoxy groups -OCH3 is 1. The molecule has 0 aromatic heterocycles. The van der Waals surface area contributed by atoms with Crippen LogP contribution in [0.3, 0.4) is 0 Å². The quantitative estimate of drug-likeness (QED) is 0.565. The lowest BCUT2D eigenvalue weighted by molar-refractivity contribution is 0.415. The minimum atomic E-state index is -4.53. The molecule has 0 bridgehead atoms. The number of sulfonamides is 1. The molecule has 146 valence electrons. The molecule has 3 aromatic rings. The van der Waals surface area contributed by atoms with Crippen molar-refractivity contribution in [3.63, 3.8) is 0 Å². The minimum Gasteiger partial charge on any atom is -0.497 e. The molecule has 8 heteroatoms. The van der Waals surface area contributed by atoms with Crippen LogP contribution in [0.5, 0.6) is 5.75 Å². The first-order chi connectivity index (χ1) is 13.3. The molecular weight excluding hydrogens is 391 g/mol. The van der Waals surface area contributed by atoms with Crippen LogP contribution in [0.1, 0.15) is 5.56 Å².